The van der Waals surface area contributed by atoms with Gasteiger partial charge in [0.1, 0.15) is 18.6 Å². The first-order chi connectivity index (χ1) is 24.7. The number of likely N-dealkylation sites (tertiary alicyclic amines) is 1. The van der Waals surface area contributed by atoms with E-state index in [2.05, 4.69) is 10.4 Å². The minimum atomic E-state index is -4.62. The molecule has 3 heterocycles. The fourth-order valence-electron chi connectivity index (χ4n) is 5.61. The number of carbonyl (C=O) groups is 6. The molecule has 0 aliphatic carbocycles. The largest absolute Gasteiger partial charge is 0.527 e. The van der Waals surface area contributed by atoms with E-state index in [9.17, 15) is 47.0 Å². The van der Waals surface area contributed by atoms with Gasteiger partial charge in [-0.25, -0.2) is 9.48 Å². The van der Waals surface area contributed by atoms with E-state index in [1.54, 1.807) is 37.3 Å². The number of amides is 4. The molecule has 0 unspecified atom stereocenters. The number of nitrogens with zero attached hydrogens (tertiary/aromatic N) is 5. The lowest BCUT2D eigenvalue weighted by Crippen LogP contribution is -2.55. The molecule has 3 atom stereocenters. The minimum absolute atomic E-state index is 0.0828. The van der Waals surface area contributed by atoms with Gasteiger partial charge in [-0.1, -0.05) is 18.2 Å². The van der Waals surface area contributed by atoms with Crippen molar-refractivity contribution in [1.82, 2.24) is 35.3 Å². The van der Waals surface area contributed by atoms with E-state index in [4.69, 9.17) is 14.3 Å². The minimum Gasteiger partial charge on any atom is -0.481 e. The van der Waals surface area contributed by atoms with Crippen molar-refractivity contribution in [2.75, 3.05) is 45.9 Å². The number of aliphatic carboxylic acids is 1. The number of aromatic nitrogens is 2. The van der Waals surface area contributed by atoms with Gasteiger partial charge in [-0.2, -0.15) is 18.3 Å². The predicted octanol–water partition coefficient (Wildman–Crippen LogP) is 1.50. The first-order valence-electron chi connectivity index (χ1n) is 16.5. The number of carboxylic acid groups (broad SMARTS) is 1. The molecule has 2 saturated heterocycles. The number of ether oxygens (including phenoxy) is 2. The Labute approximate surface area is 295 Å². The van der Waals surface area contributed by atoms with Crippen LogP contribution in [0, 0.1) is 0 Å². The Morgan fingerprint density at radius 2 is 1.71 bits per heavy atom. The summed E-state index contributed by atoms with van der Waals surface area (Å²) in [4.78, 5) is 83.7. The van der Waals surface area contributed by atoms with Crippen molar-refractivity contribution in [1.29, 1.82) is 0 Å². The number of carbonyl (C=O) groups excluding carboxylic acids is 5. The molecular weight excluding hydrogens is 699 g/mol. The molecule has 0 radical (unpaired) electrons. The Bertz CT molecular complexity index is 1600. The third kappa shape index (κ3) is 10.8. The second kappa shape index (κ2) is 17.7. The summed E-state index contributed by atoms with van der Waals surface area (Å²) < 4.78 is 50.0. The van der Waals surface area contributed by atoms with E-state index in [0.29, 0.717) is 12.1 Å². The smallest absolute Gasteiger partial charge is 0.481 e. The molecule has 0 bridgehead atoms. The van der Waals surface area contributed by atoms with Gasteiger partial charge in [-0.15, -0.1) is 5.06 Å². The zero-order valence-corrected chi connectivity index (χ0v) is 28.5. The van der Waals surface area contributed by atoms with Gasteiger partial charge >= 0.3 is 18.3 Å². The Hall–Kier alpha value is -5.40. The summed E-state index contributed by atoms with van der Waals surface area (Å²) in [6.45, 7) is 2.17. The van der Waals surface area contributed by atoms with Crippen LogP contribution in [0.2, 0.25) is 0 Å². The second-order valence-corrected chi connectivity index (χ2v) is 11.9. The zero-order chi connectivity index (χ0) is 38.0. The maximum absolute atomic E-state index is 13.6. The van der Waals surface area contributed by atoms with Crippen molar-refractivity contribution in [3.05, 3.63) is 42.1 Å². The number of halogens is 3. The SMILES string of the molecule is CCOC(=O)ON1CCN(C(=O)[C@H](CCC(=O)O)NC(=O)c2cc(O[C@H](C)C(=O)N3CCC[C@H]3C(=O)NCC(F)(F)F)n(-c3ccccc3)n2)CC1. The van der Waals surface area contributed by atoms with Crippen molar-refractivity contribution in [2.45, 2.75) is 63.9 Å². The number of carboxylic acids is 1. The van der Waals surface area contributed by atoms with Gasteiger partial charge in [-0.3, -0.25) is 24.0 Å². The topological polar surface area (TPSA) is 202 Å². The van der Waals surface area contributed by atoms with Crippen LogP contribution < -0.4 is 15.4 Å². The standard InChI is InChI=1S/C32H40F3N7O10/c1-3-50-31(49)52-40-16-14-39(15-17-40)30(48)22(11-12-26(43)44)37-27(45)23-18-25(42(38-23)21-8-5-4-6-9-21)51-20(2)29(47)41-13-7-10-24(41)28(46)36-19-32(33,34)35/h4-6,8-9,18,20,22,24H,3,7,10-17,19H2,1-2H3,(H,36,46)(H,37,45)(H,43,44)/t20-,22+,24+/m1/s1. The third-order valence-corrected chi connectivity index (χ3v) is 8.12. The number of alkyl halides is 3. The Morgan fingerprint density at radius 3 is 2.35 bits per heavy atom. The highest BCUT2D eigenvalue weighted by Crippen LogP contribution is 2.24. The van der Waals surface area contributed by atoms with Crippen LogP contribution in [0.25, 0.3) is 5.69 Å². The Balaban J connectivity index is 1.49. The fraction of sp³-hybridized carbons (Fsp3) is 0.531. The number of hydrogen-bond donors (Lipinski definition) is 3. The van der Waals surface area contributed by atoms with Gasteiger partial charge in [0.2, 0.25) is 17.7 Å². The molecule has 2 fully saturated rings. The molecule has 17 nitrogen and oxygen atoms in total. The lowest BCUT2D eigenvalue weighted by molar-refractivity contribution is -0.157. The zero-order valence-electron chi connectivity index (χ0n) is 28.5. The molecule has 52 heavy (non-hydrogen) atoms. The number of hydrogen-bond acceptors (Lipinski definition) is 11. The van der Waals surface area contributed by atoms with Crippen molar-refractivity contribution in [2.24, 2.45) is 0 Å². The predicted molar refractivity (Wildman–Crippen MR) is 172 cm³/mol. The highest BCUT2D eigenvalue weighted by Gasteiger charge is 2.39. The quantitative estimate of drug-likeness (QED) is 0.236. The third-order valence-electron chi connectivity index (χ3n) is 8.12. The van der Waals surface area contributed by atoms with E-state index in [0.717, 1.165) is 4.90 Å². The number of rotatable bonds is 14. The number of hydroxylamine groups is 2. The first kappa shape index (κ1) is 39.4. The van der Waals surface area contributed by atoms with Gasteiger partial charge in [0.15, 0.2) is 11.8 Å². The van der Waals surface area contributed by atoms with Crippen LogP contribution in [-0.4, -0.2) is 136 Å². The Morgan fingerprint density at radius 1 is 1.02 bits per heavy atom. The fourth-order valence-corrected chi connectivity index (χ4v) is 5.61. The molecule has 2 aromatic rings. The van der Waals surface area contributed by atoms with E-state index in [1.807, 2.05) is 5.32 Å². The maximum atomic E-state index is 13.6. The lowest BCUT2D eigenvalue weighted by Gasteiger charge is -2.35. The summed E-state index contributed by atoms with van der Waals surface area (Å²) in [5.74, 6) is -4.32. The highest BCUT2D eigenvalue weighted by atomic mass is 19.4. The van der Waals surface area contributed by atoms with Crippen molar-refractivity contribution < 1.29 is 61.4 Å². The number of para-hydroxylation sites is 1. The van der Waals surface area contributed by atoms with Gasteiger partial charge in [-0.05, 0) is 45.2 Å². The van der Waals surface area contributed by atoms with Gasteiger partial charge in [0.05, 0.1) is 25.4 Å². The van der Waals surface area contributed by atoms with Crippen molar-refractivity contribution >= 4 is 35.8 Å². The summed E-state index contributed by atoms with van der Waals surface area (Å²) in [6.07, 6.45) is -6.94. The molecule has 0 saturated carbocycles. The molecule has 2 aliphatic heterocycles. The summed E-state index contributed by atoms with van der Waals surface area (Å²) >= 11 is 0. The molecule has 4 rings (SSSR count). The summed E-state index contributed by atoms with van der Waals surface area (Å²) in [5, 5.41) is 19.3. The van der Waals surface area contributed by atoms with Gasteiger partial charge in [0.25, 0.3) is 11.8 Å². The Kier molecular flexibility index (Phi) is 13.4. The molecule has 3 N–H and O–H groups in total. The molecule has 1 aromatic carbocycles. The van der Waals surface area contributed by atoms with Crippen LogP contribution in [0.15, 0.2) is 36.4 Å². The van der Waals surface area contributed by atoms with Crippen molar-refractivity contribution in [3.8, 4) is 11.6 Å². The van der Waals surface area contributed by atoms with Crippen LogP contribution in [0.5, 0.6) is 5.88 Å². The normalized spacial score (nSPS) is 17.5. The molecule has 2 aliphatic rings. The molecule has 1 aromatic heterocycles. The molecule has 0 spiro atoms. The highest BCUT2D eigenvalue weighted by molar-refractivity contribution is 5.96. The molecule has 20 heteroatoms. The van der Waals surface area contributed by atoms with Crippen LogP contribution in [-0.2, 0) is 28.8 Å². The van der Waals surface area contributed by atoms with Crippen LogP contribution in [0.3, 0.4) is 0 Å². The van der Waals surface area contributed by atoms with Gasteiger partial charge in [0, 0.05) is 32.1 Å². The van der Waals surface area contributed by atoms with Gasteiger partial charge < -0.3 is 39.9 Å². The van der Waals surface area contributed by atoms with Crippen LogP contribution >= 0.6 is 0 Å². The summed E-state index contributed by atoms with van der Waals surface area (Å²) in [6, 6.07) is 7.18. The summed E-state index contributed by atoms with van der Waals surface area (Å²) in [7, 11) is 0. The molecule has 284 valence electrons. The monoisotopic (exact) mass is 739 g/mol. The van der Waals surface area contributed by atoms with E-state index in [1.165, 1.54) is 27.6 Å². The molecule has 4 amide bonds. The average molecular weight is 740 g/mol. The first-order valence-corrected chi connectivity index (χ1v) is 16.5. The van der Waals surface area contributed by atoms with Crippen molar-refractivity contribution in [3.63, 3.8) is 0 Å². The van der Waals surface area contributed by atoms with E-state index >= 15 is 0 Å². The molecular formula is C32H40F3N7O10. The van der Waals surface area contributed by atoms with E-state index < -0.39 is 73.1 Å². The number of benzene rings is 1. The summed E-state index contributed by atoms with van der Waals surface area (Å²) in [5.41, 5.74) is 0.174. The van der Waals surface area contributed by atoms with Crippen LogP contribution in [0.1, 0.15) is 50.0 Å². The lowest BCUT2D eigenvalue weighted by atomic mass is 10.1. The second-order valence-electron chi connectivity index (χ2n) is 11.9. The number of nitrogens with one attached hydrogen (secondary N) is 2. The van der Waals surface area contributed by atoms with Crippen LogP contribution in [0.4, 0.5) is 18.0 Å². The van der Waals surface area contributed by atoms with E-state index in [-0.39, 0.29) is 63.7 Å². The number of piperazine rings is 1. The average Bonchev–Trinajstić information content (AvgIpc) is 3.77. The maximum Gasteiger partial charge on any atom is 0.527 e.